The van der Waals surface area contributed by atoms with Crippen LogP contribution in [0.4, 0.5) is 0 Å². The van der Waals surface area contributed by atoms with Crippen molar-refractivity contribution in [3.63, 3.8) is 0 Å². The normalized spacial score (nSPS) is 19.2. The quantitative estimate of drug-likeness (QED) is 0.750. The topological polar surface area (TPSA) is 32.8 Å². The fourth-order valence-electron chi connectivity index (χ4n) is 3.21. The second kappa shape index (κ2) is 10.6. The summed E-state index contributed by atoms with van der Waals surface area (Å²) in [6, 6.07) is 10.4. The maximum Gasteiger partial charge on any atom is 0.237 e. The van der Waals surface area contributed by atoms with Gasteiger partial charge in [-0.2, -0.15) is 0 Å². The van der Waals surface area contributed by atoms with Gasteiger partial charge in [-0.15, -0.1) is 12.4 Å². The number of halogens is 1. The van der Waals surface area contributed by atoms with Crippen molar-refractivity contribution in [2.24, 2.45) is 0 Å². The number of likely N-dealkylation sites (tertiary alicyclic amines) is 1. The molecule has 2 atom stereocenters. The Labute approximate surface area is 152 Å². The Morgan fingerprint density at radius 1 is 1.33 bits per heavy atom. The molecule has 0 spiro atoms. The summed E-state index contributed by atoms with van der Waals surface area (Å²) in [5, 5.41) is 0. The van der Waals surface area contributed by atoms with Gasteiger partial charge in [0, 0.05) is 12.6 Å². The molecule has 0 N–H and O–H groups in total. The zero-order valence-corrected chi connectivity index (χ0v) is 15.9. The third-order valence-corrected chi connectivity index (χ3v) is 4.71. The van der Waals surface area contributed by atoms with Gasteiger partial charge in [0.25, 0.3) is 0 Å². The van der Waals surface area contributed by atoms with Crippen LogP contribution in [-0.2, 0) is 4.79 Å². The van der Waals surface area contributed by atoms with Crippen LogP contribution in [0.25, 0.3) is 0 Å². The SMILES string of the molecule is CCN(C(=O)CN1CCCCC1C)C(C)COc1ccccc1.Cl. The van der Waals surface area contributed by atoms with Crippen LogP contribution < -0.4 is 4.74 Å². The molecule has 0 saturated carbocycles. The van der Waals surface area contributed by atoms with E-state index in [1.54, 1.807) is 0 Å². The maximum atomic E-state index is 12.7. The highest BCUT2D eigenvalue weighted by Gasteiger charge is 2.25. The first-order chi connectivity index (χ1) is 11.1. The molecule has 1 saturated heterocycles. The van der Waals surface area contributed by atoms with E-state index < -0.39 is 0 Å². The zero-order valence-electron chi connectivity index (χ0n) is 15.1. The Hall–Kier alpha value is -1.26. The predicted molar refractivity (Wildman–Crippen MR) is 101 cm³/mol. The molecule has 136 valence electrons. The largest absolute Gasteiger partial charge is 0.491 e. The van der Waals surface area contributed by atoms with Crippen LogP contribution in [0.3, 0.4) is 0 Å². The summed E-state index contributed by atoms with van der Waals surface area (Å²) in [6.07, 6.45) is 3.69. The number of benzene rings is 1. The summed E-state index contributed by atoms with van der Waals surface area (Å²) in [5.41, 5.74) is 0. The molecule has 0 bridgehead atoms. The summed E-state index contributed by atoms with van der Waals surface area (Å²) in [5.74, 6) is 1.07. The van der Waals surface area contributed by atoms with Gasteiger partial charge in [-0.3, -0.25) is 9.69 Å². The van der Waals surface area contributed by atoms with Crippen LogP contribution >= 0.6 is 12.4 Å². The molecule has 2 unspecified atom stereocenters. The first-order valence-corrected chi connectivity index (χ1v) is 8.83. The van der Waals surface area contributed by atoms with Gasteiger partial charge in [0.1, 0.15) is 12.4 Å². The van der Waals surface area contributed by atoms with Crippen molar-refractivity contribution in [3.05, 3.63) is 30.3 Å². The van der Waals surface area contributed by atoms with Crippen LogP contribution in [0.5, 0.6) is 5.75 Å². The lowest BCUT2D eigenvalue weighted by Crippen LogP contribution is -2.49. The molecule has 0 radical (unpaired) electrons. The first-order valence-electron chi connectivity index (χ1n) is 8.83. The lowest BCUT2D eigenvalue weighted by Gasteiger charge is -2.35. The maximum absolute atomic E-state index is 12.7. The molecule has 0 aliphatic carbocycles. The van der Waals surface area contributed by atoms with Crippen molar-refractivity contribution in [2.75, 3.05) is 26.2 Å². The molecular formula is C19H31ClN2O2. The highest BCUT2D eigenvalue weighted by atomic mass is 35.5. The Morgan fingerprint density at radius 3 is 2.67 bits per heavy atom. The minimum Gasteiger partial charge on any atom is -0.491 e. The van der Waals surface area contributed by atoms with Crippen molar-refractivity contribution in [1.29, 1.82) is 0 Å². The fraction of sp³-hybridized carbons (Fsp3) is 0.632. The third-order valence-electron chi connectivity index (χ3n) is 4.71. The molecule has 1 amide bonds. The Kier molecular flexibility index (Phi) is 9.16. The summed E-state index contributed by atoms with van der Waals surface area (Å²) in [4.78, 5) is 16.9. The molecule has 1 aliphatic rings. The van der Waals surface area contributed by atoms with E-state index in [1.807, 2.05) is 42.2 Å². The molecule has 0 aromatic heterocycles. The molecular weight excluding hydrogens is 324 g/mol. The number of hydrogen-bond acceptors (Lipinski definition) is 3. The molecule has 1 aliphatic heterocycles. The number of carbonyl (C=O) groups excluding carboxylic acids is 1. The number of rotatable bonds is 7. The molecule has 1 aromatic rings. The standard InChI is InChI=1S/C19H30N2O2.ClH/c1-4-21(17(3)15-23-18-11-6-5-7-12-18)19(22)14-20-13-9-8-10-16(20)2;/h5-7,11-12,16-17H,4,8-10,13-15H2,1-3H3;1H. The Balaban J connectivity index is 0.00000288. The fourth-order valence-corrected chi connectivity index (χ4v) is 3.21. The second-order valence-electron chi connectivity index (χ2n) is 6.47. The van der Waals surface area contributed by atoms with Crippen molar-refractivity contribution < 1.29 is 9.53 Å². The average Bonchev–Trinajstić information content (AvgIpc) is 2.57. The molecule has 1 heterocycles. The molecule has 24 heavy (non-hydrogen) atoms. The van der Waals surface area contributed by atoms with E-state index in [0.29, 0.717) is 19.2 Å². The smallest absolute Gasteiger partial charge is 0.237 e. The molecule has 1 fully saturated rings. The zero-order chi connectivity index (χ0) is 16.7. The lowest BCUT2D eigenvalue weighted by atomic mass is 10.0. The summed E-state index contributed by atoms with van der Waals surface area (Å²) >= 11 is 0. The Morgan fingerprint density at radius 2 is 2.04 bits per heavy atom. The number of ether oxygens (including phenoxy) is 1. The highest BCUT2D eigenvalue weighted by molar-refractivity contribution is 5.85. The minimum absolute atomic E-state index is 0. The van der Waals surface area contributed by atoms with Gasteiger partial charge in [-0.25, -0.2) is 0 Å². The van der Waals surface area contributed by atoms with Gasteiger partial charge in [-0.05, 0) is 52.3 Å². The number of piperidine rings is 1. The van der Waals surface area contributed by atoms with E-state index in [-0.39, 0.29) is 24.4 Å². The predicted octanol–water partition coefficient (Wildman–Crippen LogP) is 3.60. The minimum atomic E-state index is 0. The molecule has 1 aromatic carbocycles. The Bertz CT molecular complexity index is 484. The lowest BCUT2D eigenvalue weighted by molar-refractivity contribution is -0.135. The van der Waals surface area contributed by atoms with Crippen molar-refractivity contribution >= 4 is 18.3 Å². The van der Waals surface area contributed by atoms with Crippen molar-refractivity contribution in [1.82, 2.24) is 9.80 Å². The number of carbonyl (C=O) groups is 1. The van der Waals surface area contributed by atoms with Gasteiger partial charge < -0.3 is 9.64 Å². The number of likely N-dealkylation sites (N-methyl/N-ethyl adjacent to an activating group) is 1. The van der Waals surface area contributed by atoms with Crippen LogP contribution in [0.1, 0.15) is 40.0 Å². The number of amides is 1. The van der Waals surface area contributed by atoms with Crippen LogP contribution in [-0.4, -0.2) is 54.0 Å². The molecule has 2 rings (SSSR count). The summed E-state index contributed by atoms with van der Waals surface area (Å²) in [7, 11) is 0. The molecule has 5 heteroatoms. The van der Waals surface area contributed by atoms with E-state index in [9.17, 15) is 4.79 Å². The van der Waals surface area contributed by atoms with Gasteiger partial charge in [-0.1, -0.05) is 24.6 Å². The monoisotopic (exact) mass is 354 g/mol. The van der Waals surface area contributed by atoms with Gasteiger partial charge in [0.15, 0.2) is 0 Å². The van der Waals surface area contributed by atoms with Gasteiger partial charge in [0.2, 0.25) is 5.91 Å². The highest BCUT2D eigenvalue weighted by Crippen LogP contribution is 2.17. The van der Waals surface area contributed by atoms with E-state index in [1.165, 1.54) is 19.3 Å². The van der Waals surface area contributed by atoms with E-state index >= 15 is 0 Å². The second-order valence-corrected chi connectivity index (χ2v) is 6.47. The van der Waals surface area contributed by atoms with E-state index in [4.69, 9.17) is 4.74 Å². The van der Waals surface area contributed by atoms with Crippen LogP contribution in [0, 0.1) is 0 Å². The van der Waals surface area contributed by atoms with Crippen molar-refractivity contribution in [3.8, 4) is 5.75 Å². The van der Waals surface area contributed by atoms with Crippen molar-refractivity contribution in [2.45, 2.75) is 52.1 Å². The summed E-state index contributed by atoms with van der Waals surface area (Å²) < 4.78 is 5.80. The van der Waals surface area contributed by atoms with E-state index in [0.717, 1.165) is 18.8 Å². The van der Waals surface area contributed by atoms with Crippen LogP contribution in [0.2, 0.25) is 0 Å². The van der Waals surface area contributed by atoms with Gasteiger partial charge in [0.05, 0.1) is 12.6 Å². The van der Waals surface area contributed by atoms with E-state index in [2.05, 4.69) is 18.7 Å². The average molecular weight is 355 g/mol. The number of para-hydroxylation sites is 1. The summed E-state index contributed by atoms with van der Waals surface area (Å²) in [6.45, 7) is 9.15. The molecule has 4 nitrogen and oxygen atoms in total. The van der Waals surface area contributed by atoms with Gasteiger partial charge >= 0.3 is 0 Å². The number of hydrogen-bond donors (Lipinski definition) is 0. The first kappa shape index (κ1) is 20.8. The number of nitrogens with zero attached hydrogens (tertiary/aromatic N) is 2. The van der Waals surface area contributed by atoms with Crippen LogP contribution in [0.15, 0.2) is 30.3 Å². The third kappa shape index (κ3) is 5.99.